The van der Waals surface area contributed by atoms with E-state index in [0.29, 0.717) is 16.7 Å². The number of nitrogens with zero attached hydrogens (tertiary/aromatic N) is 4. The maximum absolute atomic E-state index is 12.5. The van der Waals surface area contributed by atoms with Crippen LogP contribution in [0.4, 0.5) is 11.4 Å². The number of hydrogen-bond acceptors (Lipinski definition) is 5. The standard InChI is InChI=1S/C23H26ClN5OS/c1-2-29-22(17-7-6-8-18(24)15-17)26-27-23(29)31-16-21(30)25-19-9-11-20(12-10-19)28-13-4-3-5-14-28/h6-12,15H,2-5,13-14,16H2,1H3,(H,25,30). The van der Waals surface area contributed by atoms with Gasteiger partial charge in [0, 0.05) is 41.6 Å². The van der Waals surface area contributed by atoms with Gasteiger partial charge in [-0.3, -0.25) is 4.79 Å². The van der Waals surface area contributed by atoms with Crippen LogP contribution < -0.4 is 10.2 Å². The summed E-state index contributed by atoms with van der Waals surface area (Å²) in [5.41, 5.74) is 2.94. The fourth-order valence-electron chi connectivity index (χ4n) is 3.76. The first-order valence-corrected chi connectivity index (χ1v) is 12.0. The average Bonchev–Trinajstić information content (AvgIpc) is 3.22. The van der Waals surface area contributed by atoms with Gasteiger partial charge in [0.2, 0.25) is 5.91 Å². The Labute approximate surface area is 192 Å². The molecule has 2 aromatic carbocycles. The summed E-state index contributed by atoms with van der Waals surface area (Å²) in [5, 5.41) is 12.9. The number of rotatable bonds is 7. The Hall–Kier alpha value is -2.51. The molecule has 8 heteroatoms. The van der Waals surface area contributed by atoms with Gasteiger partial charge in [-0.05, 0) is 62.6 Å². The Morgan fingerprint density at radius 3 is 2.58 bits per heavy atom. The minimum Gasteiger partial charge on any atom is -0.372 e. The van der Waals surface area contributed by atoms with Gasteiger partial charge in [0.25, 0.3) is 0 Å². The van der Waals surface area contributed by atoms with Crippen molar-refractivity contribution in [3.05, 3.63) is 53.6 Å². The number of carbonyl (C=O) groups is 1. The fraction of sp³-hybridized carbons (Fsp3) is 0.348. The maximum atomic E-state index is 12.5. The highest BCUT2D eigenvalue weighted by Gasteiger charge is 2.15. The van der Waals surface area contributed by atoms with Gasteiger partial charge in [-0.1, -0.05) is 35.5 Å². The van der Waals surface area contributed by atoms with Gasteiger partial charge < -0.3 is 14.8 Å². The van der Waals surface area contributed by atoms with Crippen molar-refractivity contribution in [2.75, 3.05) is 29.1 Å². The van der Waals surface area contributed by atoms with Crippen LogP contribution in [-0.2, 0) is 11.3 Å². The van der Waals surface area contributed by atoms with E-state index in [1.54, 1.807) is 0 Å². The summed E-state index contributed by atoms with van der Waals surface area (Å²) in [6, 6.07) is 15.7. The maximum Gasteiger partial charge on any atom is 0.234 e. The van der Waals surface area contributed by atoms with Crippen molar-refractivity contribution in [3.8, 4) is 11.4 Å². The Morgan fingerprint density at radius 1 is 1.10 bits per heavy atom. The van der Waals surface area contributed by atoms with Gasteiger partial charge in [0.05, 0.1) is 5.75 Å². The van der Waals surface area contributed by atoms with Crippen LogP contribution in [0.2, 0.25) is 5.02 Å². The Bertz CT molecular complexity index is 1030. The van der Waals surface area contributed by atoms with E-state index in [0.717, 1.165) is 30.2 Å². The number of aromatic nitrogens is 3. The molecule has 1 aliphatic rings. The van der Waals surface area contributed by atoms with Gasteiger partial charge in [0.1, 0.15) is 0 Å². The quantitative estimate of drug-likeness (QED) is 0.487. The third-order valence-electron chi connectivity index (χ3n) is 5.32. The third kappa shape index (κ3) is 5.40. The van der Waals surface area contributed by atoms with Crippen LogP contribution in [0, 0.1) is 0 Å². The molecular formula is C23H26ClN5OS. The van der Waals surface area contributed by atoms with E-state index < -0.39 is 0 Å². The van der Waals surface area contributed by atoms with Crippen molar-refractivity contribution in [3.63, 3.8) is 0 Å². The monoisotopic (exact) mass is 455 g/mol. The number of nitrogens with one attached hydrogen (secondary N) is 1. The molecule has 162 valence electrons. The minimum absolute atomic E-state index is 0.0642. The second-order valence-corrected chi connectivity index (χ2v) is 8.87. The second kappa shape index (κ2) is 10.2. The van der Waals surface area contributed by atoms with Crippen LogP contribution in [0.15, 0.2) is 53.7 Å². The molecule has 1 aromatic heterocycles. The van der Waals surface area contributed by atoms with Crippen LogP contribution in [0.1, 0.15) is 26.2 Å². The second-order valence-electron chi connectivity index (χ2n) is 7.49. The predicted octanol–water partition coefficient (Wildman–Crippen LogP) is 5.34. The molecule has 0 aliphatic carbocycles. The lowest BCUT2D eigenvalue weighted by atomic mass is 10.1. The Kier molecular flexibility index (Phi) is 7.14. The number of piperidine rings is 1. The average molecular weight is 456 g/mol. The van der Waals surface area contributed by atoms with Crippen molar-refractivity contribution in [1.29, 1.82) is 0 Å². The van der Waals surface area contributed by atoms with E-state index in [4.69, 9.17) is 11.6 Å². The van der Waals surface area contributed by atoms with Crippen LogP contribution in [-0.4, -0.2) is 39.5 Å². The van der Waals surface area contributed by atoms with E-state index in [9.17, 15) is 4.79 Å². The largest absolute Gasteiger partial charge is 0.372 e. The summed E-state index contributed by atoms with van der Waals surface area (Å²) in [6.45, 7) is 4.96. The van der Waals surface area contributed by atoms with Gasteiger partial charge in [-0.2, -0.15) is 0 Å². The van der Waals surface area contributed by atoms with E-state index in [1.165, 1.54) is 36.7 Å². The van der Waals surface area contributed by atoms with Gasteiger partial charge >= 0.3 is 0 Å². The smallest absolute Gasteiger partial charge is 0.234 e. The number of anilines is 2. The van der Waals surface area contributed by atoms with Gasteiger partial charge in [-0.25, -0.2) is 0 Å². The molecule has 0 unspecified atom stereocenters. The molecule has 1 aliphatic heterocycles. The topological polar surface area (TPSA) is 63.1 Å². The van der Waals surface area contributed by atoms with Crippen LogP contribution >= 0.6 is 23.4 Å². The third-order valence-corrected chi connectivity index (χ3v) is 6.52. The highest BCUT2D eigenvalue weighted by atomic mass is 35.5. The van der Waals surface area contributed by atoms with Crippen molar-refractivity contribution < 1.29 is 4.79 Å². The Morgan fingerprint density at radius 2 is 1.87 bits per heavy atom. The molecular weight excluding hydrogens is 430 g/mol. The van der Waals surface area contributed by atoms with Crippen LogP contribution in [0.25, 0.3) is 11.4 Å². The first kappa shape index (κ1) is 21.7. The molecule has 1 fully saturated rings. The molecule has 2 heterocycles. The number of amides is 1. The summed E-state index contributed by atoms with van der Waals surface area (Å²) in [6.07, 6.45) is 3.81. The molecule has 4 rings (SSSR count). The van der Waals surface area contributed by atoms with Crippen LogP contribution in [0.3, 0.4) is 0 Å². The SMILES string of the molecule is CCn1c(SCC(=O)Nc2ccc(N3CCCCC3)cc2)nnc1-c1cccc(Cl)c1. The molecule has 0 spiro atoms. The lowest BCUT2D eigenvalue weighted by molar-refractivity contribution is -0.113. The number of carbonyl (C=O) groups excluding carboxylic acids is 1. The number of halogens is 1. The zero-order valence-electron chi connectivity index (χ0n) is 17.6. The van der Waals surface area contributed by atoms with E-state index in [1.807, 2.05) is 47.9 Å². The highest BCUT2D eigenvalue weighted by molar-refractivity contribution is 7.99. The fourth-order valence-corrected chi connectivity index (χ4v) is 4.75. The molecule has 0 atom stereocenters. The van der Waals surface area contributed by atoms with Gasteiger partial charge in [-0.15, -0.1) is 10.2 Å². The van der Waals surface area contributed by atoms with Crippen molar-refractivity contribution in [1.82, 2.24) is 14.8 Å². The summed E-state index contributed by atoms with van der Waals surface area (Å²) >= 11 is 7.49. The summed E-state index contributed by atoms with van der Waals surface area (Å²) in [5.74, 6) is 0.952. The normalized spacial score (nSPS) is 13.9. The van der Waals surface area contributed by atoms with Gasteiger partial charge in [0.15, 0.2) is 11.0 Å². The Balaban J connectivity index is 1.35. The number of thioether (sulfide) groups is 1. The van der Waals surface area contributed by atoms with Crippen LogP contribution in [0.5, 0.6) is 0 Å². The van der Waals surface area contributed by atoms with Crippen molar-refractivity contribution in [2.45, 2.75) is 37.9 Å². The molecule has 1 N–H and O–H groups in total. The van der Waals surface area contributed by atoms with E-state index in [2.05, 4.69) is 32.5 Å². The molecule has 31 heavy (non-hydrogen) atoms. The molecule has 1 saturated heterocycles. The predicted molar refractivity (Wildman–Crippen MR) is 128 cm³/mol. The molecule has 0 saturated carbocycles. The minimum atomic E-state index is -0.0642. The molecule has 0 radical (unpaired) electrons. The summed E-state index contributed by atoms with van der Waals surface area (Å²) < 4.78 is 2.00. The zero-order chi connectivity index (χ0) is 21.6. The van der Waals surface area contributed by atoms with E-state index >= 15 is 0 Å². The molecule has 3 aromatic rings. The number of benzene rings is 2. The zero-order valence-corrected chi connectivity index (χ0v) is 19.1. The lowest BCUT2D eigenvalue weighted by Gasteiger charge is -2.28. The number of hydrogen-bond donors (Lipinski definition) is 1. The lowest BCUT2D eigenvalue weighted by Crippen LogP contribution is -2.29. The highest BCUT2D eigenvalue weighted by Crippen LogP contribution is 2.26. The molecule has 6 nitrogen and oxygen atoms in total. The van der Waals surface area contributed by atoms with Crippen molar-refractivity contribution >= 4 is 40.6 Å². The van der Waals surface area contributed by atoms with Crippen molar-refractivity contribution in [2.24, 2.45) is 0 Å². The first-order valence-electron chi connectivity index (χ1n) is 10.6. The first-order chi connectivity index (χ1) is 15.1. The molecule has 0 bridgehead atoms. The summed E-state index contributed by atoms with van der Waals surface area (Å²) in [4.78, 5) is 14.9. The van der Waals surface area contributed by atoms with E-state index in [-0.39, 0.29) is 11.7 Å². The summed E-state index contributed by atoms with van der Waals surface area (Å²) in [7, 11) is 0. The molecule has 1 amide bonds.